The number of ether oxygens (including phenoxy) is 1. The largest absolute Gasteiger partial charge is 0.465 e. The molecule has 0 saturated heterocycles. The molecule has 0 radical (unpaired) electrons. The molecule has 0 bridgehead atoms. The van der Waals surface area contributed by atoms with Crippen molar-refractivity contribution in [2.45, 2.75) is 6.18 Å². The van der Waals surface area contributed by atoms with Crippen LogP contribution < -0.4 is 10.6 Å². The van der Waals surface area contributed by atoms with Crippen LogP contribution in [-0.4, -0.2) is 25.5 Å². The Labute approximate surface area is 152 Å². The maximum Gasteiger partial charge on any atom is 0.416 e. The molecule has 138 valence electrons. The molecule has 9 heteroatoms. The summed E-state index contributed by atoms with van der Waals surface area (Å²) in [5.41, 5.74) is -0.301. The Bertz CT molecular complexity index is 825. The van der Waals surface area contributed by atoms with Gasteiger partial charge in [0.15, 0.2) is 0 Å². The highest BCUT2D eigenvalue weighted by molar-refractivity contribution is 6.33. The summed E-state index contributed by atoms with van der Waals surface area (Å²) in [5.74, 6) is -1.15. The second kappa shape index (κ2) is 8.09. The molecule has 0 saturated carbocycles. The molecule has 0 aromatic heterocycles. The number of carbonyl (C=O) groups is 2. The van der Waals surface area contributed by atoms with Crippen molar-refractivity contribution in [3.8, 4) is 0 Å². The molecule has 26 heavy (non-hydrogen) atoms. The van der Waals surface area contributed by atoms with Crippen LogP contribution in [0.5, 0.6) is 0 Å². The van der Waals surface area contributed by atoms with Gasteiger partial charge in [-0.3, -0.25) is 4.79 Å². The highest BCUT2D eigenvalue weighted by Gasteiger charge is 2.30. The number of nitrogens with one attached hydrogen (secondary N) is 2. The Balaban J connectivity index is 2.02. The minimum absolute atomic E-state index is 0.0148. The molecule has 5 nitrogen and oxygen atoms in total. The Hall–Kier alpha value is -2.74. The van der Waals surface area contributed by atoms with Crippen LogP contribution in [0.4, 0.5) is 24.5 Å². The van der Waals surface area contributed by atoms with E-state index in [1.807, 2.05) is 0 Å². The lowest BCUT2D eigenvalue weighted by atomic mass is 10.2. The highest BCUT2D eigenvalue weighted by atomic mass is 35.5. The van der Waals surface area contributed by atoms with Gasteiger partial charge in [0.1, 0.15) is 0 Å². The molecule has 0 heterocycles. The Morgan fingerprint density at radius 2 is 1.88 bits per heavy atom. The maximum absolute atomic E-state index is 12.7. The average molecular weight is 387 g/mol. The first-order valence-electron chi connectivity index (χ1n) is 7.29. The fourth-order valence-corrected chi connectivity index (χ4v) is 2.24. The summed E-state index contributed by atoms with van der Waals surface area (Å²) in [6, 6.07) is 8.62. The SMILES string of the molecule is COC(=O)c1ccc(Cl)c(NCC(=O)Nc2cccc(C(F)(F)F)c2)c1. The molecule has 2 aromatic rings. The second-order valence-electron chi connectivity index (χ2n) is 5.17. The number of alkyl halides is 3. The van der Waals surface area contributed by atoms with Gasteiger partial charge in [0.2, 0.25) is 5.91 Å². The van der Waals surface area contributed by atoms with Crippen molar-refractivity contribution in [3.05, 3.63) is 58.6 Å². The quantitative estimate of drug-likeness (QED) is 0.756. The van der Waals surface area contributed by atoms with Gasteiger partial charge in [0.05, 0.1) is 35.5 Å². The summed E-state index contributed by atoms with van der Waals surface area (Å²) < 4.78 is 42.6. The van der Waals surface area contributed by atoms with E-state index in [-0.39, 0.29) is 22.8 Å². The van der Waals surface area contributed by atoms with Crippen LogP contribution in [0.25, 0.3) is 0 Å². The highest BCUT2D eigenvalue weighted by Crippen LogP contribution is 2.30. The number of hydrogen-bond acceptors (Lipinski definition) is 4. The first kappa shape index (κ1) is 19.6. The van der Waals surface area contributed by atoms with E-state index >= 15 is 0 Å². The number of esters is 1. The minimum Gasteiger partial charge on any atom is -0.465 e. The summed E-state index contributed by atoms with van der Waals surface area (Å²) in [6.07, 6.45) is -4.50. The molecule has 0 atom stereocenters. The summed E-state index contributed by atoms with van der Waals surface area (Å²) in [5, 5.41) is 5.35. The van der Waals surface area contributed by atoms with Crippen molar-refractivity contribution in [2.24, 2.45) is 0 Å². The second-order valence-corrected chi connectivity index (χ2v) is 5.57. The number of anilines is 2. The van der Waals surface area contributed by atoms with Crippen LogP contribution in [-0.2, 0) is 15.7 Å². The Morgan fingerprint density at radius 3 is 2.54 bits per heavy atom. The molecule has 0 aliphatic carbocycles. The maximum atomic E-state index is 12.7. The third-order valence-electron chi connectivity index (χ3n) is 3.30. The van der Waals surface area contributed by atoms with Crippen LogP contribution in [0.1, 0.15) is 15.9 Å². The van der Waals surface area contributed by atoms with E-state index in [0.29, 0.717) is 5.69 Å². The summed E-state index contributed by atoms with van der Waals surface area (Å²) in [6.45, 7) is -0.263. The van der Waals surface area contributed by atoms with Crippen LogP contribution in [0.3, 0.4) is 0 Å². The Kier molecular flexibility index (Phi) is 6.10. The van der Waals surface area contributed by atoms with Crippen LogP contribution in [0.15, 0.2) is 42.5 Å². The molecule has 2 aromatic carbocycles. The molecule has 1 amide bonds. The number of carbonyl (C=O) groups excluding carboxylic acids is 2. The summed E-state index contributed by atoms with van der Waals surface area (Å²) in [4.78, 5) is 23.4. The van der Waals surface area contributed by atoms with Crippen molar-refractivity contribution in [2.75, 3.05) is 24.3 Å². The molecule has 2 N–H and O–H groups in total. The minimum atomic E-state index is -4.50. The monoisotopic (exact) mass is 386 g/mol. The normalized spacial score (nSPS) is 11.0. The number of hydrogen-bond donors (Lipinski definition) is 2. The standard InChI is InChI=1S/C17H14ClF3N2O3/c1-26-16(25)10-5-6-13(18)14(7-10)22-9-15(24)23-12-4-2-3-11(8-12)17(19,20)21/h2-8,22H,9H2,1H3,(H,23,24). The van der Waals surface area contributed by atoms with E-state index in [2.05, 4.69) is 15.4 Å². The zero-order valence-corrected chi connectivity index (χ0v) is 14.2. The lowest BCUT2D eigenvalue weighted by Crippen LogP contribution is -2.22. The van der Waals surface area contributed by atoms with E-state index < -0.39 is 23.6 Å². The number of methoxy groups -OCH3 is 1. The summed E-state index contributed by atoms with van der Waals surface area (Å²) in [7, 11) is 1.23. The predicted octanol–water partition coefficient (Wildman–Crippen LogP) is 4.20. The van der Waals surface area contributed by atoms with Gasteiger partial charge in [0, 0.05) is 5.69 Å². The zero-order chi connectivity index (χ0) is 19.3. The molecular weight excluding hydrogens is 373 g/mol. The number of halogens is 4. The fourth-order valence-electron chi connectivity index (χ4n) is 2.06. The molecule has 0 aliphatic heterocycles. The summed E-state index contributed by atoms with van der Waals surface area (Å²) >= 11 is 5.99. The third kappa shape index (κ3) is 5.13. The van der Waals surface area contributed by atoms with Crippen molar-refractivity contribution < 1.29 is 27.5 Å². The number of amides is 1. The van der Waals surface area contributed by atoms with Gasteiger partial charge in [-0.25, -0.2) is 4.79 Å². The fraction of sp³-hybridized carbons (Fsp3) is 0.176. The molecule has 0 spiro atoms. The molecule has 0 aliphatic rings. The van der Waals surface area contributed by atoms with Crippen molar-refractivity contribution >= 4 is 34.9 Å². The van der Waals surface area contributed by atoms with E-state index in [9.17, 15) is 22.8 Å². The average Bonchev–Trinajstić information content (AvgIpc) is 2.60. The first-order chi connectivity index (χ1) is 12.2. The molecule has 0 fully saturated rings. The van der Waals surface area contributed by atoms with E-state index in [1.54, 1.807) is 0 Å². The van der Waals surface area contributed by atoms with Gasteiger partial charge in [-0.1, -0.05) is 17.7 Å². The van der Waals surface area contributed by atoms with Crippen molar-refractivity contribution in [3.63, 3.8) is 0 Å². The number of rotatable bonds is 5. The van der Waals surface area contributed by atoms with E-state index in [0.717, 1.165) is 12.1 Å². The van der Waals surface area contributed by atoms with Gasteiger partial charge in [-0.15, -0.1) is 0 Å². The zero-order valence-electron chi connectivity index (χ0n) is 13.5. The van der Waals surface area contributed by atoms with Crippen LogP contribution in [0.2, 0.25) is 5.02 Å². The van der Waals surface area contributed by atoms with Crippen molar-refractivity contribution in [1.29, 1.82) is 0 Å². The van der Waals surface area contributed by atoms with Gasteiger partial charge in [0.25, 0.3) is 0 Å². The van der Waals surface area contributed by atoms with Gasteiger partial charge < -0.3 is 15.4 Å². The molecule has 2 rings (SSSR count). The molecule has 0 unspecified atom stereocenters. The smallest absolute Gasteiger partial charge is 0.416 e. The lowest BCUT2D eigenvalue weighted by molar-refractivity contribution is -0.137. The predicted molar refractivity (Wildman–Crippen MR) is 91.4 cm³/mol. The van der Waals surface area contributed by atoms with Crippen LogP contribution in [0, 0.1) is 0 Å². The van der Waals surface area contributed by atoms with E-state index in [1.165, 1.54) is 37.4 Å². The Morgan fingerprint density at radius 1 is 1.15 bits per heavy atom. The van der Waals surface area contributed by atoms with Crippen LogP contribution >= 0.6 is 11.6 Å². The van der Waals surface area contributed by atoms with Gasteiger partial charge >= 0.3 is 12.1 Å². The first-order valence-corrected chi connectivity index (χ1v) is 7.67. The van der Waals surface area contributed by atoms with Crippen molar-refractivity contribution in [1.82, 2.24) is 0 Å². The third-order valence-corrected chi connectivity index (χ3v) is 3.63. The van der Waals surface area contributed by atoms with Gasteiger partial charge in [-0.2, -0.15) is 13.2 Å². The van der Waals surface area contributed by atoms with E-state index in [4.69, 9.17) is 11.6 Å². The number of benzene rings is 2. The molecular formula is C17H14ClF3N2O3. The van der Waals surface area contributed by atoms with Gasteiger partial charge in [-0.05, 0) is 36.4 Å². The lowest BCUT2D eigenvalue weighted by Gasteiger charge is -2.12. The topological polar surface area (TPSA) is 67.4 Å².